The van der Waals surface area contributed by atoms with Gasteiger partial charge < -0.3 is 15.4 Å². The van der Waals surface area contributed by atoms with Crippen LogP contribution < -0.4 is 15.4 Å². The average molecular weight is 446 g/mol. The quantitative estimate of drug-likeness (QED) is 0.650. The van der Waals surface area contributed by atoms with Crippen LogP contribution in [0.3, 0.4) is 0 Å². The molecule has 2 N–H and O–H groups in total. The summed E-state index contributed by atoms with van der Waals surface area (Å²) in [4.78, 5) is 24.2. The molecule has 1 heterocycles. The third-order valence-electron chi connectivity index (χ3n) is 4.84. The van der Waals surface area contributed by atoms with E-state index in [1.54, 1.807) is 50.2 Å². The van der Waals surface area contributed by atoms with Crippen LogP contribution in [0.25, 0.3) is 0 Å². The van der Waals surface area contributed by atoms with Crippen molar-refractivity contribution in [2.24, 2.45) is 5.92 Å². The predicted octanol–water partition coefficient (Wildman–Crippen LogP) is 3.08. The van der Waals surface area contributed by atoms with Gasteiger partial charge in [0.1, 0.15) is 5.75 Å². The molecular weight excluding hydrogens is 418 g/mol. The number of hydrogen-bond donors (Lipinski definition) is 2. The summed E-state index contributed by atoms with van der Waals surface area (Å²) in [5.74, 6) is -0.187. The van der Waals surface area contributed by atoms with Crippen LogP contribution >= 0.6 is 0 Å². The Morgan fingerprint density at radius 1 is 1.00 bits per heavy atom. The van der Waals surface area contributed by atoms with Crippen molar-refractivity contribution in [2.75, 3.05) is 30.3 Å². The molecule has 0 radical (unpaired) electrons. The predicted molar refractivity (Wildman–Crippen MR) is 118 cm³/mol. The Hall–Kier alpha value is -2.91. The molecule has 8 nitrogen and oxygen atoms in total. The molecule has 2 aromatic rings. The van der Waals surface area contributed by atoms with Crippen LogP contribution in [-0.4, -0.2) is 44.2 Å². The molecule has 31 heavy (non-hydrogen) atoms. The Kier molecular flexibility index (Phi) is 7.29. The molecule has 2 aromatic carbocycles. The Bertz CT molecular complexity index is 1030. The lowest BCUT2D eigenvalue weighted by molar-refractivity contribution is -0.119. The van der Waals surface area contributed by atoms with Gasteiger partial charge in [0.2, 0.25) is 15.9 Å². The molecule has 1 aliphatic heterocycles. The summed E-state index contributed by atoms with van der Waals surface area (Å²) in [5, 5.41) is 5.45. The van der Waals surface area contributed by atoms with Crippen molar-refractivity contribution in [2.45, 2.75) is 31.6 Å². The van der Waals surface area contributed by atoms with Crippen molar-refractivity contribution in [1.29, 1.82) is 0 Å². The maximum atomic E-state index is 12.6. The number of amides is 2. The zero-order valence-electron chi connectivity index (χ0n) is 17.6. The largest absolute Gasteiger partial charge is 0.484 e. The van der Waals surface area contributed by atoms with Crippen LogP contribution in [0.2, 0.25) is 0 Å². The topological polar surface area (TPSA) is 105 Å². The zero-order valence-corrected chi connectivity index (χ0v) is 18.4. The van der Waals surface area contributed by atoms with Gasteiger partial charge in [0.15, 0.2) is 6.61 Å². The molecule has 1 saturated heterocycles. The van der Waals surface area contributed by atoms with Gasteiger partial charge in [-0.15, -0.1) is 0 Å². The molecule has 0 spiro atoms. The van der Waals surface area contributed by atoms with Gasteiger partial charge in [-0.05, 0) is 49.2 Å². The highest BCUT2D eigenvalue weighted by Crippen LogP contribution is 2.22. The molecule has 166 valence electrons. The molecule has 1 aliphatic rings. The smallest absolute Gasteiger partial charge is 0.262 e. The second-order valence-corrected chi connectivity index (χ2v) is 9.58. The molecule has 1 fully saturated rings. The highest BCUT2D eigenvalue weighted by atomic mass is 32.2. The fourth-order valence-electron chi connectivity index (χ4n) is 3.08. The summed E-state index contributed by atoms with van der Waals surface area (Å²) < 4.78 is 32.1. The summed E-state index contributed by atoms with van der Waals surface area (Å²) in [5.41, 5.74) is 1.07. The minimum absolute atomic E-state index is 0.106. The van der Waals surface area contributed by atoms with Crippen LogP contribution in [-0.2, 0) is 19.6 Å². The maximum Gasteiger partial charge on any atom is 0.262 e. The summed E-state index contributed by atoms with van der Waals surface area (Å²) in [6, 6.07) is 12.9. The minimum atomic E-state index is -3.48. The summed E-state index contributed by atoms with van der Waals surface area (Å²) in [7, 11) is -3.48. The molecule has 3 rings (SSSR count). The lowest BCUT2D eigenvalue weighted by atomic mass is 10.2. The number of nitrogens with zero attached hydrogens (tertiary/aromatic N) is 1. The Morgan fingerprint density at radius 3 is 2.32 bits per heavy atom. The average Bonchev–Trinajstić information content (AvgIpc) is 3.29. The van der Waals surface area contributed by atoms with Crippen molar-refractivity contribution in [1.82, 2.24) is 4.31 Å². The standard InChI is InChI=1S/C22H27N3O5S/c1-16(2)22(27)24-18-6-5-7-19(14-18)30-15-21(26)23-17-8-10-20(11-9-17)31(28,29)25-12-3-4-13-25/h5-11,14,16H,3-4,12-13,15H2,1-2H3,(H,23,26)(H,24,27). The van der Waals surface area contributed by atoms with E-state index in [2.05, 4.69) is 10.6 Å². The van der Waals surface area contributed by atoms with Gasteiger partial charge in [0.25, 0.3) is 5.91 Å². The number of carbonyl (C=O) groups is 2. The lowest BCUT2D eigenvalue weighted by Crippen LogP contribution is -2.27. The zero-order chi connectivity index (χ0) is 22.4. The first-order chi connectivity index (χ1) is 14.8. The number of hydrogen-bond acceptors (Lipinski definition) is 5. The first-order valence-corrected chi connectivity index (χ1v) is 11.6. The second-order valence-electron chi connectivity index (χ2n) is 7.64. The monoisotopic (exact) mass is 445 g/mol. The molecule has 0 aliphatic carbocycles. The molecule has 0 aromatic heterocycles. The normalized spacial score (nSPS) is 14.4. The van der Waals surface area contributed by atoms with Gasteiger partial charge >= 0.3 is 0 Å². The van der Waals surface area contributed by atoms with Crippen molar-refractivity contribution >= 4 is 33.2 Å². The van der Waals surface area contributed by atoms with Gasteiger partial charge in [-0.25, -0.2) is 8.42 Å². The van der Waals surface area contributed by atoms with Gasteiger partial charge in [-0.2, -0.15) is 4.31 Å². The molecule has 0 bridgehead atoms. The maximum absolute atomic E-state index is 12.6. The van der Waals surface area contributed by atoms with Crippen LogP contribution in [0.1, 0.15) is 26.7 Å². The van der Waals surface area contributed by atoms with E-state index in [0.29, 0.717) is 30.2 Å². The molecule has 0 unspecified atom stereocenters. The van der Waals surface area contributed by atoms with Crippen molar-refractivity contribution < 1.29 is 22.7 Å². The molecular formula is C22H27N3O5S. The van der Waals surface area contributed by atoms with E-state index in [4.69, 9.17) is 4.74 Å². The van der Waals surface area contributed by atoms with Crippen LogP contribution in [0, 0.1) is 5.92 Å². The fraction of sp³-hybridized carbons (Fsp3) is 0.364. The Labute approximate surface area is 182 Å². The van der Waals surface area contributed by atoms with Crippen molar-refractivity contribution in [3.05, 3.63) is 48.5 Å². The molecule has 0 atom stereocenters. The van der Waals surface area contributed by atoms with Crippen LogP contribution in [0.15, 0.2) is 53.4 Å². The first-order valence-electron chi connectivity index (χ1n) is 10.2. The third-order valence-corrected chi connectivity index (χ3v) is 6.75. The number of carbonyl (C=O) groups excluding carboxylic acids is 2. The van der Waals surface area contributed by atoms with Crippen LogP contribution in [0.5, 0.6) is 5.75 Å². The number of anilines is 2. The van der Waals surface area contributed by atoms with Gasteiger partial charge in [0.05, 0.1) is 4.90 Å². The van der Waals surface area contributed by atoms with E-state index in [1.807, 2.05) is 0 Å². The number of sulfonamides is 1. The van der Waals surface area contributed by atoms with Gasteiger partial charge in [-0.3, -0.25) is 9.59 Å². The fourth-order valence-corrected chi connectivity index (χ4v) is 4.60. The van der Waals surface area contributed by atoms with Crippen molar-refractivity contribution in [3.63, 3.8) is 0 Å². The Balaban J connectivity index is 1.54. The third kappa shape index (κ3) is 6.05. The second kappa shape index (κ2) is 9.93. The number of nitrogens with one attached hydrogen (secondary N) is 2. The van der Waals surface area contributed by atoms with Crippen LogP contribution in [0.4, 0.5) is 11.4 Å². The van der Waals surface area contributed by atoms with Gasteiger partial charge in [-0.1, -0.05) is 19.9 Å². The molecule has 2 amide bonds. The lowest BCUT2D eigenvalue weighted by Gasteiger charge is -2.15. The Morgan fingerprint density at radius 2 is 1.68 bits per heavy atom. The molecule has 9 heteroatoms. The van der Waals surface area contributed by atoms with E-state index < -0.39 is 10.0 Å². The minimum Gasteiger partial charge on any atom is -0.484 e. The van der Waals surface area contributed by atoms with Gasteiger partial charge in [0, 0.05) is 36.4 Å². The number of benzene rings is 2. The van der Waals surface area contributed by atoms with E-state index in [9.17, 15) is 18.0 Å². The highest BCUT2D eigenvalue weighted by molar-refractivity contribution is 7.89. The van der Waals surface area contributed by atoms with E-state index >= 15 is 0 Å². The summed E-state index contributed by atoms with van der Waals surface area (Å²) >= 11 is 0. The first kappa shape index (κ1) is 22.8. The van der Waals surface area contributed by atoms with E-state index in [1.165, 1.54) is 16.4 Å². The number of rotatable bonds is 8. The summed E-state index contributed by atoms with van der Waals surface area (Å²) in [6.45, 7) is 4.46. The van der Waals surface area contributed by atoms with E-state index in [-0.39, 0.29) is 29.2 Å². The summed E-state index contributed by atoms with van der Waals surface area (Å²) in [6.07, 6.45) is 1.75. The highest BCUT2D eigenvalue weighted by Gasteiger charge is 2.26. The number of ether oxygens (including phenoxy) is 1. The SMILES string of the molecule is CC(C)C(=O)Nc1cccc(OCC(=O)Nc2ccc(S(=O)(=O)N3CCCC3)cc2)c1. The van der Waals surface area contributed by atoms with E-state index in [0.717, 1.165) is 12.8 Å². The molecule has 0 saturated carbocycles. The van der Waals surface area contributed by atoms with Crippen molar-refractivity contribution in [3.8, 4) is 5.75 Å².